The highest BCUT2D eigenvalue weighted by Crippen LogP contribution is 2.25. The minimum Gasteiger partial charge on any atom is -0.463 e. The molecule has 3 aromatic heterocycles. The van der Waals surface area contributed by atoms with Crippen molar-refractivity contribution >= 4 is 11.7 Å². The van der Waals surface area contributed by atoms with E-state index in [4.69, 9.17) is 4.42 Å². The molecule has 0 aliphatic carbocycles. The van der Waals surface area contributed by atoms with Crippen molar-refractivity contribution in [2.75, 3.05) is 5.32 Å². The molecule has 2 N–H and O–H groups in total. The van der Waals surface area contributed by atoms with Gasteiger partial charge in [-0.05, 0) is 38.1 Å². The number of anilines is 1. The summed E-state index contributed by atoms with van der Waals surface area (Å²) in [6.07, 6.45) is 1.44. The summed E-state index contributed by atoms with van der Waals surface area (Å²) in [7, 11) is 0. The van der Waals surface area contributed by atoms with E-state index < -0.39 is 23.1 Å². The van der Waals surface area contributed by atoms with Crippen LogP contribution in [0.25, 0.3) is 17.4 Å². The van der Waals surface area contributed by atoms with Gasteiger partial charge >= 0.3 is 0 Å². The number of carbonyl (C=O) groups is 1. The highest BCUT2D eigenvalue weighted by molar-refractivity contribution is 6.04. The lowest BCUT2D eigenvalue weighted by molar-refractivity contribution is 0.101. The van der Waals surface area contributed by atoms with Crippen molar-refractivity contribution in [3.8, 4) is 17.4 Å². The van der Waals surface area contributed by atoms with Crippen molar-refractivity contribution in [3.63, 3.8) is 0 Å². The van der Waals surface area contributed by atoms with E-state index in [0.717, 1.165) is 22.9 Å². The highest BCUT2D eigenvalue weighted by atomic mass is 19.1. The number of hydrogen-bond acceptors (Lipinski definition) is 5. The molecule has 0 spiro atoms. The van der Waals surface area contributed by atoms with Crippen LogP contribution >= 0.6 is 0 Å². The second-order valence-electron chi connectivity index (χ2n) is 6.45. The SMILES string of the molecule is Cc1nc(-n2nc(-c3ccco3)cc2NC(=O)c2c(F)cccc2F)[nH]c(=O)c1C. The Kier molecular flexibility index (Phi) is 4.74. The Hall–Kier alpha value is -4.08. The average molecular weight is 411 g/mol. The third kappa shape index (κ3) is 3.39. The zero-order chi connectivity index (χ0) is 21.4. The van der Waals surface area contributed by atoms with Gasteiger partial charge in [-0.1, -0.05) is 6.07 Å². The van der Waals surface area contributed by atoms with Crippen LogP contribution in [0.15, 0.2) is 51.9 Å². The maximum absolute atomic E-state index is 14.0. The summed E-state index contributed by atoms with van der Waals surface area (Å²) in [5.74, 6) is -2.62. The molecule has 3 heterocycles. The molecule has 0 aliphatic heterocycles. The maximum Gasteiger partial charge on any atom is 0.262 e. The Morgan fingerprint density at radius 1 is 1.17 bits per heavy atom. The fraction of sp³-hybridized carbons (Fsp3) is 0.100. The number of nitrogens with zero attached hydrogens (tertiary/aromatic N) is 3. The number of halogens is 2. The number of aromatic nitrogens is 4. The van der Waals surface area contributed by atoms with E-state index in [2.05, 4.69) is 20.4 Å². The Balaban J connectivity index is 1.82. The number of hydrogen-bond donors (Lipinski definition) is 2. The highest BCUT2D eigenvalue weighted by Gasteiger charge is 2.22. The van der Waals surface area contributed by atoms with Crippen LogP contribution in [0, 0.1) is 25.5 Å². The second-order valence-corrected chi connectivity index (χ2v) is 6.45. The van der Waals surface area contributed by atoms with Crippen molar-refractivity contribution in [1.82, 2.24) is 19.7 Å². The Bertz CT molecular complexity index is 1290. The molecule has 4 aromatic rings. The van der Waals surface area contributed by atoms with E-state index in [9.17, 15) is 18.4 Å². The zero-order valence-corrected chi connectivity index (χ0v) is 15.9. The van der Waals surface area contributed by atoms with E-state index in [1.165, 1.54) is 12.3 Å². The normalized spacial score (nSPS) is 10.9. The van der Waals surface area contributed by atoms with Crippen LogP contribution < -0.4 is 10.9 Å². The summed E-state index contributed by atoms with van der Waals surface area (Å²) in [5.41, 5.74) is 0.0684. The Morgan fingerprint density at radius 2 is 1.90 bits per heavy atom. The number of aryl methyl sites for hydroxylation is 1. The topological polar surface area (TPSA) is 106 Å². The Labute approximate surface area is 168 Å². The summed E-state index contributed by atoms with van der Waals surface area (Å²) in [5, 5.41) is 6.74. The molecule has 30 heavy (non-hydrogen) atoms. The first-order chi connectivity index (χ1) is 14.3. The summed E-state index contributed by atoms with van der Waals surface area (Å²) in [6.45, 7) is 3.27. The number of benzene rings is 1. The van der Waals surface area contributed by atoms with Gasteiger partial charge in [0.15, 0.2) is 5.76 Å². The van der Waals surface area contributed by atoms with Crippen LogP contribution in [-0.4, -0.2) is 25.7 Å². The van der Waals surface area contributed by atoms with Crippen molar-refractivity contribution in [1.29, 1.82) is 0 Å². The molecule has 0 unspecified atom stereocenters. The van der Waals surface area contributed by atoms with Crippen molar-refractivity contribution in [2.24, 2.45) is 0 Å². The first-order valence-corrected chi connectivity index (χ1v) is 8.82. The van der Waals surface area contributed by atoms with Gasteiger partial charge in [0.25, 0.3) is 11.5 Å². The molecule has 4 rings (SSSR count). The zero-order valence-electron chi connectivity index (χ0n) is 15.9. The lowest BCUT2D eigenvalue weighted by Gasteiger charge is -2.10. The molecule has 1 amide bonds. The minimum absolute atomic E-state index is 0.0187. The van der Waals surface area contributed by atoms with Gasteiger partial charge in [0.05, 0.1) is 6.26 Å². The minimum atomic E-state index is -1.02. The van der Waals surface area contributed by atoms with E-state index in [-0.39, 0.29) is 17.3 Å². The lowest BCUT2D eigenvalue weighted by Crippen LogP contribution is -2.21. The molecule has 0 saturated carbocycles. The fourth-order valence-electron chi connectivity index (χ4n) is 2.80. The van der Waals surface area contributed by atoms with Crippen molar-refractivity contribution < 1.29 is 18.0 Å². The molecular formula is C20H15F2N5O3. The van der Waals surface area contributed by atoms with E-state index in [0.29, 0.717) is 22.7 Å². The van der Waals surface area contributed by atoms with Gasteiger partial charge < -0.3 is 9.73 Å². The maximum atomic E-state index is 14.0. The fourth-order valence-corrected chi connectivity index (χ4v) is 2.80. The molecule has 8 nitrogen and oxygen atoms in total. The first-order valence-electron chi connectivity index (χ1n) is 8.82. The number of furan rings is 1. The predicted molar refractivity (Wildman–Crippen MR) is 103 cm³/mol. The molecule has 0 bridgehead atoms. The number of rotatable bonds is 4. The van der Waals surface area contributed by atoms with Crippen LogP contribution in [0.3, 0.4) is 0 Å². The molecule has 0 saturated heterocycles. The van der Waals surface area contributed by atoms with Crippen LogP contribution in [0.2, 0.25) is 0 Å². The van der Waals surface area contributed by atoms with Crippen molar-refractivity contribution in [3.05, 3.63) is 81.5 Å². The van der Waals surface area contributed by atoms with E-state index in [1.807, 2.05) is 0 Å². The molecule has 0 radical (unpaired) electrons. The number of aromatic amines is 1. The summed E-state index contributed by atoms with van der Waals surface area (Å²) in [6, 6.07) is 7.84. The standard InChI is InChI=1S/C20H15F2N5O3/c1-10-11(2)23-20(25-18(10)28)27-16(9-14(26-27)15-7-4-8-30-15)24-19(29)17-12(21)5-3-6-13(17)22/h3-9H,1-2H3,(H,24,29)(H,23,25,28). The van der Waals surface area contributed by atoms with Gasteiger partial charge in [-0.2, -0.15) is 9.78 Å². The van der Waals surface area contributed by atoms with Gasteiger partial charge in [-0.15, -0.1) is 0 Å². The second kappa shape index (κ2) is 7.39. The predicted octanol–water partition coefficient (Wildman–Crippen LogP) is 3.36. The van der Waals surface area contributed by atoms with Gasteiger partial charge in [0.1, 0.15) is 28.7 Å². The monoisotopic (exact) mass is 411 g/mol. The smallest absolute Gasteiger partial charge is 0.262 e. The molecule has 0 aliphatic rings. The van der Waals surface area contributed by atoms with Crippen LogP contribution in [0.5, 0.6) is 0 Å². The lowest BCUT2D eigenvalue weighted by atomic mass is 10.2. The third-order valence-corrected chi connectivity index (χ3v) is 4.50. The molecule has 0 fully saturated rings. The quantitative estimate of drug-likeness (QED) is 0.536. The van der Waals surface area contributed by atoms with E-state index >= 15 is 0 Å². The summed E-state index contributed by atoms with van der Waals surface area (Å²) < 4.78 is 34.5. The summed E-state index contributed by atoms with van der Waals surface area (Å²) >= 11 is 0. The largest absolute Gasteiger partial charge is 0.463 e. The number of nitrogens with one attached hydrogen (secondary N) is 2. The van der Waals surface area contributed by atoms with Gasteiger partial charge in [0.2, 0.25) is 5.95 Å². The number of amides is 1. The average Bonchev–Trinajstić information content (AvgIpc) is 3.35. The first kappa shape index (κ1) is 19.2. The number of H-pyrrole nitrogens is 1. The van der Waals surface area contributed by atoms with Gasteiger partial charge in [0, 0.05) is 17.3 Å². The molecule has 152 valence electrons. The molecule has 0 atom stereocenters. The number of carbonyl (C=O) groups excluding carboxylic acids is 1. The van der Waals surface area contributed by atoms with Crippen LogP contribution in [0.1, 0.15) is 21.6 Å². The van der Waals surface area contributed by atoms with Gasteiger partial charge in [-0.25, -0.2) is 13.8 Å². The van der Waals surface area contributed by atoms with Crippen LogP contribution in [-0.2, 0) is 0 Å². The third-order valence-electron chi connectivity index (χ3n) is 4.50. The van der Waals surface area contributed by atoms with E-state index in [1.54, 1.807) is 26.0 Å². The van der Waals surface area contributed by atoms with Crippen molar-refractivity contribution in [2.45, 2.75) is 13.8 Å². The molecule has 1 aromatic carbocycles. The van der Waals surface area contributed by atoms with Gasteiger partial charge in [-0.3, -0.25) is 14.6 Å². The molecule has 10 heteroatoms. The van der Waals surface area contributed by atoms with Crippen LogP contribution in [0.4, 0.5) is 14.6 Å². The molecular weight excluding hydrogens is 396 g/mol. The Morgan fingerprint density at radius 3 is 2.53 bits per heavy atom. The summed E-state index contributed by atoms with van der Waals surface area (Å²) in [4.78, 5) is 31.6.